The summed E-state index contributed by atoms with van der Waals surface area (Å²) in [6, 6.07) is 6.36. The van der Waals surface area contributed by atoms with Crippen LogP contribution in [0.1, 0.15) is 10.4 Å². The van der Waals surface area contributed by atoms with Gasteiger partial charge in [0, 0.05) is 5.02 Å². The summed E-state index contributed by atoms with van der Waals surface area (Å²) in [5.41, 5.74) is -0.0566. The van der Waals surface area contributed by atoms with E-state index in [1.165, 1.54) is 12.1 Å². The topological polar surface area (TPSA) is 89.5 Å². The summed E-state index contributed by atoms with van der Waals surface area (Å²) < 4.78 is 52.4. The van der Waals surface area contributed by atoms with Crippen molar-refractivity contribution in [3.63, 3.8) is 0 Å². The number of rotatable bonds is 6. The van der Waals surface area contributed by atoms with Crippen LogP contribution in [0.3, 0.4) is 0 Å². The second kappa shape index (κ2) is 9.04. The molecule has 1 N–H and O–H groups in total. The molecule has 12 heteroatoms. The van der Waals surface area contributed by atoms with Crippen molar-refractivity contribution in [3.8, 4) is 0 Å². The highest BCUT2D eigenvalue weighted by molar-refractivity contribution is 7.91. The molecule has 0 aliphatic carbocycles. The summed E-state index contributed by atoms with van der Waals surface area (Å²) in [5.74, 6) is -5.30. The third kappa shape index (κ3) is 5.32. The maximum absolute atomic E-state index is 12.5. The van der Waals surface area contributed by atoms with Crippen molar-refractivity contribution >= 4 is 62.2 Å². The third-order valence-electron chi connectivity index (χ3n) is 3.26. The number of hydrogen-bond donors (Lipinski definition) is 1. The zero-order valence-corrected chi connectivity index (χ0v) is 16.7. The predicted molar refractivity (Wildman–Crippen MR) is 100 cm³/mol. The van der Waals surface area contributed by atoms with Gasteiger partial charge in [0.05, 0.1) is 26.2 Å². The van der Waals surface area contributed by atoms with Crippen LogP contribution in [-0.2, 0) is 19.4 Å². The molecule has 0 atom stereocenters. The average molecular weight is 473 g/mol. The molecule has 0 aromatic heterocycles. The minimum absolute atomic E-state index is 0.0769. The molecule has 0 radical (unpaired) electrons. The number of amides is 1. The van der Waals surface area contributed by atoms with Gasteiger partial charge in [0.1, 0.15) is 0 Å². The van der Waals surface area contributed by atoms with Gasteiger partial charge in [-0.2, -0.15) is 8.78 Å². The molecular formula is C16H10Cl3F2NO5S. The van der Waals surface area contributed by atoms with E-state index in [4.69, 9.17) is 39.5 Å². The van der Waals surface area contributed by atoms with Crippen LogP contribution in [0.4, 0.5) is 14.5 Å². The Morgan fingerprint density at radius 1 is 1.04 bits per heavy atom. The van der Waals surface area contributed by atoms with Crippen molar-refractivity contribution in [3.05, 3.63) is 57.0 Å². The van der Waals surface area contributed by atoms with E-state index in [-0.39, 0.29) is 26.3 Å². The van der Waals surface area contributed by atoms with Gasteiger partial charge < -0.3 is 10.1 Å². The summed E-state index contributed by atoms with van der Waals surface area (Å²) in [6.07, 6.45) is 0. The molecule has 0 aliphatic heterocycles. The van der Waals surface area contributed by atoms with Crippen LogP contribution in [0.5, 0.6) is 0 Å². The highest BCUT2D eigenvalue weighted by Gasteiger charge is 2.26. The monoisotopic (exact) mass is 471 g/mol. The SMILES string of the molecule is O=C(COC(=O)c1ccc(S(=O)(=O)C(F)F)cc1)Nc1c(Cl)cc(Cl)cc1Cl. The Morgan fingerprint density at radius 3 is 2.07 bits per heavy atom. The van der Waals surface area contributed by atoms with Crippen LogP contribution in [0.15, 0.2) is 41.3 Å². The van der Waals surface area contributed by atoms with Gasteiger partial charge in [0.2, 0.25) is 9.84 Å². The van der Waals surface area contributed by atoms with Crippen molar-refractivity contribution in [1.82, 2.24) is 0 Å². The lowest BCUT2D eigenvalue weighted by Crippen LogP contribution is -2.21. The first kappa shape index (κ1) is 22.4. The average Bonchev–Trinajstić information content (AvgIpc) is 2.62. The first-order valence-corrected chi connectivity index (χ1v) is 9.94. The minimum Gasteiger partial charge on any atom is -0.452 e. The molecule has 0 bridgehead atoms. The summed E-state index contributed by atoms with van der Waals surface area (Å²) in [5, 5.41) is 2.77. The van der Waals surface area contributed by atoms with E-state index in [0.717, 1.165) is 24.3 Å². The smallest absolute Gasteiger partial charge is 0.341 e. The normalized spacial score (nSPS) is 11.4. The third-order valence-corrected chi connectivity index (χ3v) is 5.47. The lowest BCUT2D eigenvalue weighted by molar-refractivity contribution is -0.119. The predicted octanol–water partition coefficient (Wildman–Crippen LogP) is 4.44. The van der Waals surface area contributed by atoms with Crippen LogP contribution in [0.25, 0.3) is 0 Å². The number of ether oxygens (including phenoxy) is 1. The van der Waals surface area contributed by atoms with Crippen molar-refractivity contribution in [2.45, 2.75) is 10.7 Å². The van der Waals surface area contributed by atoms with Crippen molar-refractivity contribution < 1.29 is 31.5 Å². The number of anilines is 1. The van der Waals surface area contributed by atoms with Gasteiger partial charge in [0.15, 0.2) is 6.61 Å². The van der Waals surface area contributed by atoms with Gasteiger partial charge in [-0.3, -0.25) is 4.79 Å². The van der Waals surface area contributed by atoms with E-state index in [0.29, 0.717) is 0 Å². The van der Waals surface area contributed by atoms with E-state index in [9.17, 15) is 26.8 Å². The quantitative estimate of drug-likeness (QED) is 0.628. The van der Waals surface area contributed by atoms with Crippen molar-refractivity contribution in [1.29, 1.82) is 0 Å². The molecule has 2 rings (SSSR count). The number of hydrogen-bond acceptors (Lipinski definition) is 5. The standard InChI is InChI=1S/C16H10Cl3F2NO5S/c17-9-5-11(18)14(12(19)6-9)22-13(23)7-27-15(24)8-1-3-10(4-2-8)28(25,26)16(20)21/h1-6,16H,7H2,(H,22,23). The van der Waals surface area contributed by atoms with Crippen LogP contribution < -0.4 is 5.32 Å². The van der Waals surface area contributed by atoms with Crippen LogP contribution in [0, 0.1) is 0 Å². The Hall–Kier alpha value is -1.94. The molecule has 0 heterocycles. The highest BCUT2D eigenvalue weighted by atomic mass is 35.5. The molecular weight excluding hydrogens is 463 g/mol. The molecule has 0 unspecified atom stereocenters. The number of sulfone groups is 1. The number of halogens is 5. The Morgan fingerprint density at radius 2 is 1.57 bits per heavy atom. The molecule has 6 nitrogen and oxygen atoms in total. The van der Waals surface area contributed by atoms with E-state index >= 15 is 0 Å². The molecule has 150 valence electrons. The fourth-order valence-electron chi connectivity index (χ4n) is 1.94. The van der Waals surface area contributed by atoms with E-state index in [2.05, 4.69) is 5.32 Å². The second-order valence-corrected chi connectivity index (χ2v) is 8.37. The molecule has 0 spiro atoms. The molecule has 0 fully saturated rings. The van der Waals surface area contributed by atoms with E-state index in [1.807, 2.05) is 0 Å². The largest absolute Gasteiger partial charge is 0.452 e. The first-order chi connectivity index (χ1) is 13.0. The van der Waals surface area contributed by atoms with Gasteiger partial charge in [-0.15, -0.1) is 0 Å². The fraction of sp³-hybridized carbons (Fsp3) is 0.125. The van der Waals surface area contributed by atoms with Gasteiger partial charge >= 0.3 is 11.7 Å². The Labute approximate surface area is 173 Å². The zero-order valence-electron chi connectivity index (χ0n) is 13.6. The molecule has 0 saturated heterocycles. The van der Waals surface area contributed by atoms with E-state index < -0.39 is 39.0 Å². The Bertz CT molecular complexity index is 990. The summed E-state index contributed by atoms with van der Waals surface area (Å²) in [7, 11) is -4.77. The number of alkyl halides is 2. The number of carbonyl (C=O) groups excluding carboxylic acids is 2. The highest BCUT2D eigenvalue weighted by Crippen LogP contribution is 2.33. The summed E-state index contributed by atoms with van der Waals surface area (Å²) in [6.45, 7) is -0.703. The zero-order chi connectivity index (χ0) is 21.1. The number of nitrogens with one attached hydrogen (secondary N) is 1. The van der Waals surface area contributed by atoms with Crippen LogP contribution in [-0.4, -0.2) is 32.7 Å². The molecule has 1 amide bonds. The lowest BCUT2D eigenvalue weighted by atomic mass is 10.2. The molecule has 2 aromatic carbocycles. The van der Waals surface area contributed by atoms with Gasteiger partial charge in [-0.1, -0.05) is 34.8 Å². The molecule has 0 aliphatic rings. The van der Waals surface area contributed by atoms with Gasteiger partial charge in [0.25, 0.3) is 5.91 Å². The Kier molecular flexibility index (Phi) is 7.22. The lowest BCUT2D eigenvalue weighted by Gasteiger charge is -2.10. The van der Waals surface area contributed by atoms with E-state index in [1.54, 1.807) is 0 Å². The van der Waals surface area contributed by atoms with Crippen molar-refractivity contribution in [2.75, 3.05) is 11.9 Å². The fourth-order valence-corrected chi connectivity index (χ4v) is 3.57. The number of benzene rings is 2. The summed E-state index contributed by atoms with van der Waals surface area (Å²) in [4.78, 5) is 23.2. The first-order valence-electron chi connectivity index (χ1n) is 7.26. The maximum Gasteiger partial charge on any atom is 0.341 e. The number of carbonyl (C=O) groups is 2. The minimum atomic E-state index is -4.77. The van der Waals surface area contributed by atoms with Crippen LogP contribution in [0.2, 0.25) is 15.1 Å². The number of esters is 1. The summed E-state index contributed by atoms with van der Waals surface area (Å²) >= 11 is 17.6. The van der Waals surface area contributed by atoms with Gasteiger partial charge in [-0.05, 0) is 36.4 Å². The molecule has 28 heavy (non-hydrogen) atoms. The molecule has 0 saturated carbocycles. The van der Waals surface area contributed by atoms with Crippen molar-refractivity contribution in [2.24, 2.45) is 0 Å². The molecule has 2 aromatic rings. The van der Waals surface area contributed by atoms with Crippen LogP contribution >= 0.6 is 34.8 Å². The van der Waals surface area contributed by atoms with Gasteiger partial charge in [-0.25, -0.2) is 13.2 Å². The Balaban J connectivity index is 2.00. The second-order valence-electron chi connectivity index (χ2n) is 5.20. The maximum atomic E-state index is 12.5.